The van der Waals surface area contributed by atoms with Crippen LogP contribution in [0.3, 0.4) is 0 Å². The molecule has 0 spiro atoms. The Morgan fingerprint density at radius 2 is 1.02 bits per heavy atom. The molecule has 2 rings (SSSR count). The van der Waals surface area contributed by atoms with Crippen LogP contribution in [-0.2, 0) is 0 Å². The van der Waals surface area contributed by atoms with Crippen molar-refractivity contribution in [3.05, 3.63) is 130 Å². The third kappa shape index (κ3) is 12.3. The van der Waals surface area contributed by atoms with E-state index in [1.54, 1.807) is 11.1 Å². The van der Waals surface area contributed by atoms with Crippen LogP contribution in [-0.4, -0.2) is 0 Å². The van der Waals surface area contributed by atoms with Crippen molar-refractivity contribution in [3.63, 3.8) is 0 Å². The molecule has 0 heterocycles. The minimum Gasteiger partial charge on any atom is -0.0805 e. The van der Waals surface area contributed by atoms with E-state index in [2.05, 4.69) is 154 Å². The number of rotatable bonds is 11. The lowest BCUT2D eigenvalue weighted by molar-refractivity contribution is 0.376. The second kappa shape index (κ2) is 16.5. The Morgan fingerprint density at radius 3 is 1.54 bits per heavy atom. The van der Waals surface area contributed by atoms with Gasteiger partial charge >= 0.3 is 0 Å². The predicted molar refractivity (Wildman–Crippen MR) is 186 cm³/mol. The van der Waals surface area contributed by atoms with E-state index in [1.165, 1.54) is 72.0 Å². The van der Waals surface area contributed by atoms with Gasteiger partial charge in [-0.15, -0.1) is 0 Å². The van der Waals surface area contributed by atoms with E-state index in [4.69, 9.17) is 0 Å². The normalized spacial score (nSPS) is 21.7. The summed E-state index contributed by atoms with van der Waals surface area (Å²) < 4.78 is 0. The van der Waals surface area contributed by atoms with Gasteiger partial charge in [0, 0.05) is 0 Å². The SMILES string of the molecule is CC1=C(/C=C/C(C)=C/C=C/C(C)=C/C=C/C=C(C)/C=C/C/C=C(C)/C=C/C2=C(C)CCCC2(C)C)C(C)(C)CCC1. The molecule has 2 aliphatic carbocycles. The van der Waals surface area contributed by atoms with Gasteiger partial charge in [-0.1, -0.05) is 146 Å². The van der Waals surface area contributed by atoms with Crippen LogP contribution in [0.25, 0.3) is 0 Å². The highest BCUT2D eigenvalue weighted by molar-refractivity contribution is 5.38. The third-order valence-corrected chi connectivity index (χ3v) is 8.61. The molecule has 0 N–H and O–H groups in total. The van der Waals surface area contributed by atoms with Crippen LogP contribution in [0.4, 0.5) is 0 Å². The first-order chi connectivity index (χ1) is 19.3. The fourth-order valence-corrected chi connectivity index (χ4v) is 5.96. The van der Waals surface area contributed by atoms with E-state index in [1.807, 2.05) is 0 Å². The minimum absolute atomic E-state index is 0.292. The van der Waals surface area contributed by atoms with Crippen molar-refractivity contribution in [2.75, 3.05) is 0 Å². The highest BCUT2D eigenvalue weighted by Gasteiger charge is 2.27. The van der Waals surface area contributed by atoms with Crippen molar-refractivity contribution in [3.8, 4) is 0 Å². The minimum atomic E-state index is 0.292. The van der Waals surface area contributed by atoms with Crippen LogP contribution >= 0.6 is 0 Å². The van der Waals surface area contributed by atoms with Gasteiger partial charge in [0.05, 0.1) is 0 Å². The largest absolute Gasteiger partial charge is 0.0805 e. The monoisotopic (exact) mass is 550 g/mol. The van der Waals surface area contributed by atoms with Crippen LogP contribution in [0.15, 0.2) is 130 Å². The summed E-state index contributed by atoms with van der Waals surface area (Å²) in [5.74, 6) is 0. The molecule has 0 aromatic carbocycles. The van der Waals surface area contributed by atoms with Crippen molar-refractivity contribution in [1.82, 2.24) is 0 Å². The molecular weight excluding hydrogens is 492 g/mol. The van der Waals surface area contributed by atoms with E-state index >= 15 is 0 Å². The van der Waals surface area contributed by atoms with Crippen LogP contribution in [0.2, 0.25) is 0 Å². The molecule has 0 amide bonds. The predicted octanol–water partition coefficient (Wildman–Crippen LogP) is 13.0. The Morgan fingerprint density at radius 1 is 0.585 bits per heavy atom. The van der Waals surface area contributed by atoms with E-state index in [-0.39, 0.29) is 0 Å². The van der Waals surface area contributed by atoms with Crippen LogP contribution in [0.1, 0.15) is 114 Å². The number of hydrogen-bond donors (Lipinski definition) is 0. The van der Waals surface area contributed by atoms with Gasteiger partial charge in [-0.05, 0) is 108 Å². The van der Waals surface area contributed by atoms with Crippen molar-refractivity contribution in [1.29, 1.82) is 0 Å². The van der Waals surface area contributed by atoms with Crippen molar-refractivity contribution in [2.45, 2.75) is 114 Å². The molecule has 0 aliphatic heterocycles. The molecule has 0 atom stereocenters. The van der Waals surface area contributed by atoms with Gasteiger partial charge in [0.2, 0.25) is 0 Å². The Labute approximate surface area is 254 Å². The fraction of sp³-hybridized carbons (Fsp3) is 0.463. The summed E-state index contributed by atoms with van der Waals surface area (Å²) in [6.07, 6.45) is 39.7. The number of allylic oxidation sites excluding steroid dienone is 22. The molecule has 0 saturated carbocycles. The second-order valence-corrected chi connectivity index (χ2v) is 13.6. The maximum atomic E-state index is 2.38. The molecular formula is C41H58. The second-order valence-electron chi connectivity index (χ2n) is 13.6. The van der Waals surface area contributed by atoms with Gasteiger partial charge in [0.1, 0.15) is 0 Å². The summed E-state index contributed by atoms with van der Waals surface area (Å²) in [4.78, 5) is 0. The van der Waals surface area contributed by atoms with Crippen LogP contribution in [0, 0.1) is 10.8 Å². The molecule has 0 saturated heterocycles. The first kappa shape index (κ1) is 34.3. The summed E-state index contributed by atoms with van der Waals surface area (Å²) in [7, 11) is 0. The zero-order valence-corrected chi connectivity index (χ0v) is 28.0. The van der Waals surface area contributed by atoms with Crippen molar-refractivity contribution in [2.24, 2.45) is 10.8 Å². The first-order valence-electron chi connectivity index (χ1n) is 15.8. The van der Waals surface area contributed by atoms with E-state index in [9.17, 15) is 0 Å². The lowest BCUT2D eigenvalue weighted by Gasteiger charge is -2.33. The molecule has 0 bridgehead atoms. The van der Waals surface area contributed by atoms with Gasteiger partial charge in [-0.2, -0.15) is 0 Å². The average molecular weight is 551 g/mol. The molecule has 41 heavy (non-hydrogen) atoms. The Bertz CT molecular complexity index is 1230. The maximum Gasteiger partial charge on any atom is -0.0104 e. The maximum absolute atomic E-state index is 2.38. The third-order valence-electron chi connectivity index (χ3n) is 8.61. The average Bonchev–Trinajstić information content (AvgIpc) is 2.88. The van der Waals surface area contributed by atoms with Gasteiger partial charge in [-0.25, -0.2) is 0 Å². The lowest BCUT2D eigenvalue weighted by atomic mass is 9.72. The summed E-state index contributed by atoms with van der Waals surface area (Å²) in [5, 5.41) is 0. The highest BCUT2D eigenvalue weighted by Crippen LogP contribution is 2.41. The molecule has 2 aliphatic rings. The first-order valence-corrected chi connectivity index (χ1v) is 15.8. The molecule has 0 aromatic heterocycles. The zero-order chi connectivity index (χ0) is 30.5. The Kier molecular flexibility index (Phi) is 13.9. The molecule has 222 valence electrons. The summed E-state index contributed by atoms with van der Waals surface area (Å²) in [5.41, 5.74) is 11.8. The van der Waals surface area contributed by atoms with Gasteiger partial charge in [0.15, 0.2) is 0 Å². The van der Waals surface area contributed by atoms with Gasteiger partial charge in [0.25, 0.3) is 0 Å². The molecule has 0 heteroatoms. The van der Waals surface area contributed by atoms with E-state index < -0.39 is 0 Å². The zero-order valence-electron chi connectivity index (χ0n) is 28.0. The lowest BCUT2D eigenvalue weighted by Crippen LogP contribution is -2.19. The quantitative estimate of drug-likeness (QED) is 0.224. The molecule has 0 unspecified atom stereocenters. The number of hydrogen-bond acceptors (Lipinski definition) is 0. The topological polar surface area (TPSA) is 0 Å². The Hall–Kier alpha value is -2.86. The summed E-state index contributed by atoms with van der Waals surface area (Å²) >= 11 is 0. The van der Waals surface area contributed by atoms with Gasteiger partial charge < -0.3 is 0 Å². The fourth-order valence-electron chi connectivity index (χ4n) is 5.96. The van der Waals surface area contributed by atoms with Crippen LogP contribution < -0.4 is 0 Å². The highest BCUT2D eigenvalue weighted by atomic mass is 14.3. The molecule has 0 nitrogen and oxygen atoms in total. The Balaban J connectivity index is 1.84. The smallest absolute Gasteiger partial charge is 0.0104 e. The van der Waals surface area contributed by atoms with Crippen molar-refractivity contribution >= 4 is 0 Å². The van der Waals surface area contributed by atoms with Crippen LogP contribution in [0.5, 0.6) is 0 Å². The molecule has 0 aromatic rings. The van der Waals surface area contributed by atoms with E-state index in [0.717, 1.165) is 6.42 Å². The molecule has 0 fully saturated rings. The van der Waals surface area contributed by atoms with Gasteiger partial charge in [-0.3, -0.25) is 0 Å². The molecule has 0 radical (unpaired) electrons. The standard InChI is InChI=1S/C41H58/c1-32(19-13-14-21-34(3)26-28-38-36(5)24-16-30-40(38,7)8)18-11-12-20-33(2)22-15-23-35(4)27-29-39-37(6)25-17-31-41(39,9)10/h11-13,15,18-23,26-29H,14,16-17,24-25,30-31H2,1-10H3/b12-11+,19-13+,22-15+,28-26+,29-27+,32-18+,33-20+,34-21+,35-23+. The summed E-state index contributed by atoms with van der Waals surface area (Å²) in [6.45, 7) is 22.8. The van der Waals surface area contributed by atoms with Crippen molar-refractivity contribution < 1.29 is 0 Å². The summed E-state index contributed by atoms with van der Waals surface area (Å²) in [6, 6.07) is 0. The van der Waals surface area contributed by atoms with E-state index in [0.29, 0.717) is 10.8 Å².